The van der Waals surface area contributed by atoms with Gasteiger partial charge in [0.25, 0.3) is 0 Å². The summed E-state index contributed by atoms with van der Waals surface area (Å²) in [4.78, 5) is 2.63. The lowest BCUT2D eigenvalue weighted by Gasteiger charge is -2.18. The maximum absolute atomic E-state index is 10.6. The third kappa shape index (κ3) is 5.61. The normalized spacial score (nSPS) is 29.7. The number of hydrogen-bond donors (Lipinski definition) is 1. The number of nitrogens with zero attached hydrogens (tertiary/aromatic N) is 1. The van der Waals surface area contributed by atoms with Gasteiger partial charge in [0.1, 0.15) is 0 Å². The molecular formula is C27H39NO. The predicted octanol–water partition coefficient (Wildman–Crippen LogP) is 5.69. The van der Waals surface area contributed by atoms with E-state index in [1.54, 1.807) is 5.57 Å². The molecule has 4 rings (SSSR count). The Bertz CT molecular complexity index is 715. The number of hydrogen-bond acceptors (Lipinski definition) is 2. The summed E-state index contributed by atoms with van der Waals surface area (Å²) in [5.41, 5.74) is 4.43. The largest absolute Gasteiger partial charge is 0.392 e. The van der Waals surface area contributed by atoms with Crippen molar-refractivity contribution in [2.45, 2.75) is 70.8 Å². The van der Waals surface area contributed by atoms with Crippen molar-refractivity contribution in [1.29, 1.82) is 0 Å². The first-order chi connectivity index (χ1) is 14.2. The van der Waals surface area contributed by atoms with Gasteiger partial charge in [0.2, 0.25) is 0 Å². The van der Waals surface area contributed by atoms with Crippen molar-refractivity contribution in [3.05, 3.63) is 59.2 Å². The number of rotatable bonds is 9. The Hall–Kier alpha value is -1.38. The minimum absolute atomic E-state index is 0.145. The van der Waals surface area contributed by atoms with Crippen molar-refractivity contribution >= 4 is 0 Å². The first-order valence-corrected chi connectivity index (χ1v) is 12.0. The van der Waals surface area contributed by atoms with Crippen LogP contribution in [0.3, 0.4) is 0 Å². The van der Waals surface area contributed by atoms with E-state index in [4.69, 9.17) is 0 Å². The second-order valence-electron chi connectivity index (χ2n) is 9.70. The SMILES string of the molecule is Cc1cccc(CC/C=C/[C@@H]2[C@H]3CC(CCCCN4CCCC4)=C[C@H]3C[C@H]2O)c1. The van der Waals surface area contributed by atoms with Crippen molar-refractivity contribution in [2.75, 3.05) is 19.6 Å². The molecule has 2 nitrogen and oxygen atoms in total. The highest BCUT2D eigenvalue weighted by atomic mass is 16.3. The van der Waals surface area contributed by atoms with Crippen LogP contribution in [0.25, 0.3) is 0 Å². The summed E-state index contributed by atoms with van der Waals surface area (Å²) in [7, 11) is 0. The van der Waals surface area contributed by atoms with Crippen LogP contribution >= 0.6 is 0 Å². The summed E-state index contributed by atoms with van der Waals surface area (Å²) in [5.74, 6) is 1.62. The lowest BCUT2D eigenvalue weighted by atomic mass is 9.88. The lowest BCUT2D eigenvalue weighted by molar-refractivity contribution is 0.141. The number of unbranched alkanes of at least 4 members (excludes halogenated alkanes) is 1. The molecule has 4 atom stereocenters. The molecule has 3 aliphatic rings. The fourth-order valence-electron chi connectivity index (χ4n) is 5.86. The van der Waals surface area contributed by atoms with Gasteiger partial charge in [0.05, 0.1) is 6.10 Å². The molecule has 0 spiro atoms. The number of benzene rings is 1. The van der Waals surface area contributed by atoms with E-state index in [1.165, 1.54) is 69.3 Å². The minimum Gasteiger partial charge on any atom is -0.392 e. The number of aliphatic hydroxyl groups excluding tert-OH is 1. The highest BCUT2D eigenvalue weighted by Gasteiger charge is 2.43. The zero-order chi connectivity index (χ0) is 20.1. The van der Waals surface area contributed by atoms with Gasteiger partial charge in [0.15, 0.2) is 0 Å². The van der Waals surface area contributed by atoms with Crippen LogP contribution < -0.4 is 0 Å². The molecule has 29 heavy (non-hydrogen) atoms. The molecule has 158 valence electrons. The van der Waals surface area contributed by atoms with Gasteiger partial charge in [0, 0.05) is 5.92 Å². The lowest BCUT2D eigenvalue weighted by Crippen LogP contribution is -2.20. The van der Waals surface area contributed by atoms with E-state index < -0.39 is 0 Å². The molecule has 2 fully saturated rings. The van der Waals surface area contributed by atoms with E-state index in [9.17, 15) is 5.11 Å². The average Bonchev–Trinajstić information content (AvgIpc) is 3.40. The Labute approximate surface area is 177 Å². The molecule has 1 saturated carbocycles. The molecule has 2 aliphatic carbocycles. The highest BCUT2D eigenvalue weighted by molar-refractivity contribution is 5.23. The average molecular weight is 394 g/mol. The molecule has 0 radical (unpaired) electrons. The monoisotopic (exact) mass is 393 g/mol. The van der Waals surface area contributed by atoms with E-state index in [1.807, 2.05) is 0 Å². The van der Waals surface area contributed by atoms with Crippen LogP contribution in [0.4, 0.5) is 0 Å². The fourth-order valence-corrected chi connectivity index (χ4v) is 5.86. The van der Waals surface area contributed by atoms with Gasteiger partial charge in [-0.1, -0.05) is 53.6 Å². The van der Waals surface area contributed by atoms with Crippen LogP contribution in [-0.4, -0.2) is 35.7 Å². The van der Waals surface area contributed by atoms with E-state index in [0.29, 0.717) is 17.8 Å². The molecular weight excluding hydrogens is 354 g/mol. The molecule has 1 aromatic rings. The van der Waals surface area contributed by atoms with Crippen LogP contribution in [0.2, 0.25) is 0 Å². The molecule has 1 heterocycles. The van der Waals surface area contributed by atoms with Crippen LogP contribution in [0.5, 0.6) is 0 Å². The van der Waals surface area contributed by atoms with Gasteiger partial charge in [-0.25, -0.2) is 0 Å². The van der Waals surface area contributed by atoms with Gasteiger partial charge < -0.3 is 10.0 Å². The van der Waals surface area contributed by atoms with Crippen LogP contribution in [0.15, 0.2) is 48.1 Å². The number of allylic oxidation sites excluding steroid dienone is 3. The molecule has 0 unspecified atom stereocenters. The molecule has 1 aliphatic heterocycles. The topological polar surface area (TPSA) is 23.5 Å². The fraction of sp³-hybridized carbons (Fsp3) is 0.630. The number of likely N-dealkylation sites (tertiary alicyclic amines) is 1. The first kappa shape index (κ1) is 20.9. The van der Waals surface area contributed by atoms with Gasteiger partial charge >= 0.3 is 0 Å². The Morgan fingerprint density at radius 3 is 2.83 bits per heavy atom. The quantitative estimate of drug-likeness (QED) is 0.430. The summed E-state index contributed by atoms with van der Waals surface area (Å²) in [5, 5.41) is 10.6. The van der Waals surface area contributed by atoms with Crippen molar-refractivity contribution in [1.82, 2.24) is 4.90 Å². The third-order valence-corrected chi connectivity index (χ3v) is 7.41. The number of aryl methyl sites for hydroxylation is 2. The Morgan fingerprint density at radius 2 is 2.00 bits per heavy atom. The number of fused-ring (bicyclic) bond motifs is 1. The van der Waals surface area contributed by atoms with Crippen molar-refractivity contribution < 1.29 is 5.11 Å². The van der Waals surface area contributed by atoms with Gasteiger partial charge in [-0.15, -0.1) is 0 Å². The molecule has 0 bridgehead atoms. The zero-order valence-corrected chi connectivity index (χ0v) is 18.2. The maximum atomic E-state index is 10.6. The smallest absolute Gasteiger partial charge is 0.0611 e. The molecule has 2 heteroatoms. The Balaban J connectivity index is 1.20. The molecule has 0 amide bonds. The standard InChI is InChI=1S/C27H39NO/c1-21-9-8-12-22(17-21)10-2-3-13-25-26-19-23(18-24(26)20-27(25)29)11-4-5-14-28-15-6-7-16-28/h3,8-9,12-13,17-18,24-27,29H,2,4-7,10-11,14-16,19-20H2,1H3/b13-3+/t24-,25+,26-,27+/m0/s1. The van der Waals surface area contributed by atoms with Crippen molar-refractivity contribution in [2.24, 2.45) is 17.8 Å². The Morgan fingerprint density at radius 1 is 1.14 bits per heavy atom. The van der Waals surface area contributed by atoms with E-state index in [0.717, 1.165) is 19.3 Å². The Kier molecular flexibility index (Phi) is 7.26. The van der Waals surface area contributed by atoms with Gasteiger partial charge in [-0.2, -0.15) is 0 Å². The number of aliphatic hydroxyl groups is 1. The minimum atomic E-state index is -0.145. The van der Waals surface area contributed by atoms with E-state index in [2.05, 4.69) is 54.3 Å². The third-order valence-electron chi connectivity index (χ3n) is 7.41. The highest BCUT2D eigenvalue weighted by Crippen LogP contribution is 2.48. The summed E-state index contributed by atoms with van der Waals surface area (Å²) < 4.78 is 0. The predicted molar refractivity (Wildman–Crippen MR) is 122 cm³/mol. The van der Waals surface area contributed by atoms with Crippen LogP contribution in [-0.2, 0) is 6.42 Å². The summed E-state index contributed by atoms with van der Waals surface area (Å²) in [6, 6.07) is 8.81. The van der Waals surface area contributed by atoms with E-state index in [-0.39, 0.29) is 6.10 Å². The molecule has 1 aromatic carbocycles. The molecule has 1 saturated heterocycles. The van der Waals surface area contributed by atoms with Crippen LogP contribution in [0.1, 0.15) is 62.5 Å². The second-order valence-corrected chi connectivity index (χ2v) is 9.70. The second kappa shape index (κ2) is 10.1. The molecule has 0 aromatic heterocycles. The van der Waals surface area contributed by atoms with E-state index >= 15 is 0 Å². The zero-order valence-electron chi connectivity index (χ0n) is 18.2. The van der Waals surface area contributed by atoms with Gasteiger partial charge in [-0.05, 0) is 102 Å². The summed E-state index contributed by atoms with van der Waals surface area (Å²) in [6.45, 7) is 6.10. The van der Waals surface area contributed by atoms with Crippen LogP contribution in [0, 0.1) is 24.7 Å². The first-order valence-electron chi connectivity index (χ1n) is 12.0. The summed E-state index contributed by atoms with van der Waals surface area (Å²) >= 11 is 0. The van der Waals surface area contributed by atoms with Crippen molar-refractivity contribution in [3.63, 3.8) is 0 Å². The van der Waals surface area contributed by atoms with Gasteiger partial charge in [-0.3, -0.25) is 0 Å². The summed E-state index contributed by atoms with van der Waals surface area (Å²) in [6.07, 6.45) is 18.2. The molecule has 1 N–H and O–H groups in total. The van der Waals surface area contributed by atoms with Crippen molar-refractivity contribution in [3.8, 4) is 0 Å². The maximum Gasteiger partial charge on any atom is 0.0611 e.